The molecule has 2 aliphatic heterocycles. The van der Waals surface area contributed by atoms with Crippen molar-refractivity contribution >= 4 is 107 Å². The second-order valence-corrected chi connectivity index (χ2v) is 18.6. The van der Waals surface area contributed by atoms with Crippen molar-refractivity contribution in [2.45, 2.75) is 13.8 Å². The number of hydrogen-bond donors (Lipinski definition) is 0. The number of benzene rings is 10. The molecule has 0 amide bonds. The minimum absolute atomic E-state index is 0.164. The molecule has 6 heteroatoms. The van der Waals surface area contributed by atoms with Gasteiger partial charge in [-0.25, -0.2) is 4.85 Å². The molecule has 4 heterocycles. The molecule has 10 aromatic carbocycles. The molecule has 0 fully saturated rings. The van der Waals surface area contributed by atoms with Crippen molar-refractivity contribution in [2.24, 2.45) is 0 Å². The maximum absolute atomic E-state index is 8.31. The van der Waals surface area contributed by atoms with E-state index in [4.69, 9.17) is 6.57 Å². The van der Waals surface area contributed by atoms with E-state index in [-0.39, 0.29) is 6.71 Å². The number of aromatic nitrogens is 2. The molecule has 0 saturated heterocycles. The van der Waals surface area contributed by atoms with Gasteiger partial charge in [-0.15, -0.1) is 0 Å². The van der Waals surface area contributed by atoms with Gasteiger partial charge in [0.05, 0.1) is 17.6 Å². The molecular weight excluding hydrogens is 838 g/mol. The highest BCUT2D eigenvalue weighted by atomic mass is 15.2. The summed E-state index contributed by atoms with van der Waals surface area (Å²) in [6, 6.07) is 79.5. The molecule has 2 aliphatic rings. The van der Waals surface area contributed by atoms with Crippen LogP contribution in [0.5, 0.6) is 0 Å². The Balaban J connectivity index is 1.18. The summed E-state index contributed by atoms with van der Waals surface area (Å²) in [5.74, 6) is 0. The molecule has 322 valence electrons. The molecule has 0 spiro atoms. The van der Waals surface area contributed by atoms with Gasteiger partial charge in [0.25, 0.3) is 6.71 Å². The molecule has 0 unspecified atom stereocenters. The van der Waals surface area contributed by atoms with E-state index in [1.54, 1.807) is 0 Å². The number of fused-ring (bicyclic) bond motifs is 10. The predicted molar refractivity (Wildman–Crippen MR) is 290 cm³/mol. The smallest absolute Gasteiger partial charge is 0.252 e. The van der Waals surface area contributed by atoms with Crippen LogP contribution in [0, 0.1) is 20.4 Å². The molecular formula is C63H42BN5. The van der Waals surface area contributed by atoms with E-state index in [0.29, 0.717) is 5.69 Å². The van der Waals surface area contributed by atoms with Gasteiger partial charge < -0.3 is 18.9 Å². The molecule has 5 nitrogen and oxygen atoms in total. The number of para-hydroxylation sites is 5. The van der Waals surface area contributed by atoms with E-state index in [0.717, 1.165) is 67.7 Å². The Kier molecular flexibility index (Phi) is 8.50. The Morgan fingerprint density at radius 1 is 0.406 bits per heavy atom. The fourth-order valence-corrected chi connectivity index (χ4v) is 11.7. The van der Waals surface area contributed by atoms with Crippen LogP contribution in [0.1, 0.15) is 11.1 Å². The molecule has 0 N–H and O–H groups in total. The Bertz CT molecular complexity index is 3800. The van der Waals surface area contributed by atoms with E-state index in [2.05, 4.69) is 244 Å². The van der Waals surface area contributed by atoms with Gasteiger partial charge in [0.15, 0.2) is 5.69 Å². The lowest BCUT2D eigenvalue weighted by molar-refractivity contribution is 1.14. The number of rotatable bonds is 7. The standard InChI is InChI=1S/C63H42BN5/c1-40-28-30-57-50(32-40)52-36-47(66(43-18-8-4-9-19-43)44-20-10-5-11-21-44)38-54-62(52)68(57)59-34-42(49-26-16-17-27-56(49)65-3)35-60-61(59)64(54)55-39-48(37-53-51-33-41(2)29-31-58(51)69(60)63(53)55)67(45-22-12-6-13-23-45)46-24-14-7-15-25-46/h4-39H,1-2H3. The third kappa shape index (κ3) is 5.78. The van der Waals surface area contributed by atoms with Crippen LogP contribution in [0.2, 0.25) is 0 Å². The number of nitrogens with zero attached hydrogens (tertiary/aromatic N) is 5. The largest absolute Gasteiger partial charge is 0.311 e. The van der Waals surface area contributed by atoms with Gasteiger partial charge in [0.2, 0.25) is 0 Å². The zero-order valence-corrected chi connectivity index (χ0v) is 38.1. The van der Waals surface area contributed by atoms with E-state index in [1.807, 2.05) is 12.1 Å². The maximum Gasteiger partial charge on any atom is 0.252 e. The molecule has 0 bridgehead atoms. The second-order valence-electron chi connectivity index (χ2n) is 18.6. The van der Waals surface area contributed by atoms with E-state index in [9.17, 15) is 0 Å². The van der Waals surface area contributed by atoms with Crippen LogP contribution < -0.4 is 26.2 Å². The molecule has 0 radical (unpaired) electrons. The van der Waals surface area contributed by atoms with Crippen LogP contribution in [0.15, 0.2) is 218 Å². The Hall–Kier alpha value is -9.05. The fourth-order valence-electron chi connectivity index (χ4n) is 11.7. The van der Waals surface area contributed by atoms with Gasteiger partial charge >= 0.3 is 0 Å². The zero-order valence-electron chi connectivity index (χ0n) is 38.1. The lowest BCUT2D eigenvalue weighted by atomic mass is 9.34. The first-order valence-electron chi connectivity index (χ1n) is 23.7. The maximum atomic E-state index is 8.31. The topological polar surface area (TPSA) is 20.7 Å². The van der Waals surface area contributed by atoms with Gasteiger partial charge in [0, 0.05) is 78.1 Å². The van der Waals surface area contributed by atoms with E-state index < -0.39 is 0 Å². The van der Waals surface area contributed by atoms with Crippen LogP contribution in [0.4, 0.5) is 39.8 Å². The van der Waals surface area contributed by atoms with Crippen LogP contribution in [0.25, 0.3) is 71.0 Å². The molecule has 2 aromatic heterocycles. The van der Waals surface area contributed by atoms with Crippen molar-refractivity contribution in [3.05, 3.63) is 241 Å². The summed E-state index contributed by atoms with van der Waals surface area (Å²) in [5, 5.41) is 4.85. The van der Waals surface area contributed by atoms with Crippen molar-refractivity contribution in [3.8, 4) is 22.5 Å². The molecule has 0 saturated carbocycles. The Labute approximate surface area is 400 Å². The summed E-state index contributed by atoms with van der Waals surface area (Å²) in [6.45, 7) is 12.5. The summed E-state index contributed by atoms with van der Waals surface area (Å²) in [6.07, 6.45) is 0. The minimum atomic E-state index is -0.164. The Morgan fingerprint density at radius 3 is 1.23 bits per heavy atom. The van der Waals surface area contributed by atoms with Gasteiger partial charge in [0.1, 0.15) is 0 Å². The van der Waals surface area contributed by atoms with Gasteiger partial charge in [-0.1, -0.05) is 120 Å². The summed E-state index contributed by atoms with van der Waals surface area (Å²) >= 11 is 0. The van der Waals surface area contributed by atoms with Gasteiger partial charge in [-0.2, -0.15) is 0 Å². The van der Waals surface area contributed by atoms with Crippen LogP contribution in [-0.2, 0) is 0 Å². The SMILES string of the molecule is [C-]#[N+]c1ccccc1-c1cc2c3c(c1)-n1c4ccc(C)cc4c4cc(N(c5ccccc5)c5ccccc5)cc(c41)B3c1cc(N(c3ccccc3)c3ccccc3)cc3c4cc(C)ccc4n-2c13. The molecule has 14 rings (SSSR count). The predicted octanol–water partition coefficient (Wildman–Crippen LogP) is 14.8. The first-order valence-corrected chi connectivity index (χ1v) is 23.7. The van der Waals surface area contributed by atoms with E-state index in [1.165, 1.54) is 60.1 Å². The Morgan fingerprint density at radius 2 is 0.812 bits per heavy atom. The summed E-state index contributed by atoms with van der Waals surface area (Å²) in [4.78, 5) is 8.90. The average molecular weight is 880 g/mol. The average Bonchev–Trinajstić information content (AvgIpc) is 3.90. The first-order chi connectivity index (χ1) is 34.0. The quantitative estimate of drug-likeness (QED) is 0.117. The van der Waals surface area contributed by atoms with Crippen molar-refractivity contribution < 1.29 is 0 Å². The van der Waals surface area contributed by atoms with E-state index >= 15 is 0 Å². The number of hydrogen-bond acceptors (Lipinski definition) is 2. The number of aryl methyl sites for hydroxylation is 2. The van der Waals surface area contributed by atoms with Gasteiger partial charge in [-0.05, 0) is 151 Å². The summed E-state index contributed by atoms with van der Waals surface area (Å²) < 4.78 is 5.08. The van der Waals surface area contributed by atoms with Crippen LogP contribution in [-0.4, -0.2) is 15.8 Å². The van der Waals surface area contributed by atoms with Crippen LogP contribution in [0.3, 0.4) is 0 Å². The lowest BCUT2D eigenvalue weighted by Crippen LogP contribution is -2.59. The van der Waals surface area contributed by atoms with Crippen LogP contribution >= 0.6 is 0 Å². The van der Waals surface area contributed by atoms with Crippen molar-refractivity contribution in [3.63, 3.8) is 0 Å². The molecule has 0 aliphatic carbocycles. The fraction of sp³-hybridized carbons (Fsp3) is 0.0317. The number of anilines is 6. The first kappa shape index (κ1) is 39.2. The molecule has 0 atom stereocenters. The third-order valence-electron chi connectivity index (χ3n) is 14.5. The normalized spacial score (nSPS) is 12.2. The van der Waals surface area contributed by atoms with Crippen molar-refractivity contribution in [1.29, 1.82) is 0 Å². The van der Waals surface area contributed by atoms with Gasteiger partial charge in [-0.3, -0.25) is 0 Å². The highest BCUT2D eigenvalue weighted by Gasteiger charge is 2.42. The van der Waals surface area contributed by atoms with Crippen molar-refractivity contribution in [1.82, 2.24) is 9.13 Å². The summed E-state index contributed by atoms with van der Waals surface area (Å²) in [7, 11) is 0. The highest BCUT2D eigenvalue weighted by molar-refractivity contribution is 7.00. The van der Waals surface area contributed by atoms with Crippen molar-refractivity contribution in [2.75, 3.05) is 9.80 Å². The molecule has 69 heavy (non-hydrogen) atoms. The summed E-state index contributed by atoms with van der Waals surface area (Å²) in [5.41, 5.74) is 22.4. The lowest BCUT2D eigenvalue weighted by Gasteiger charge is -2.36. The second kappa shape index (κ2) is 15.0. The third-order valence-corrected chi connectivity index (χ3v) is 14.5. The monoisotopic (exact) mass is 879 g/mol. The highest BCUT2D eigenvalue weighted by Crippen LogP contribution is 2.46. The zero-order chi connectivity index (χ0) is 45.9. The molecule has 12 aromatic rings. The minimum Gasteiger partial charge on any atom is -0.311 e.